The lowest BCUT2D eigenvalue weighted by molar-refractivity contribution is -0.141. The zero-order valence-corrected chi connectivity index (χ0v) is 14.3. The number of nitrogens with one attached hydrogen (secondary N) is 1. The number of ether oxygens (including phenoxy) is 1. The zero-order valence-electron chi connectivity index (χ0n) is 14.3. The maximum atomic E-state index is 14.2. The lowest BCUT2D eigenvalue weighted by Gasteiger charge is -2.18. The fraction of sp³-hybridized carbons (Fsp3) is 0.579. The molecule has 0 aliphatic heterocycles. The third kappa shape index (κ3) is 4.50. The number of carboxylic acids is 1. The standard InChI is InChI=1S/C19H24FNO4/c1-11(21-18(22)14-4-5-15(8-14)19(23)24)13-6-7-17(16(20)9-13)25-10-12-2-3-12/h6-7,9,11-12,14-15H,2-5,8,10H2,1H3,(H,21,22)(H,23,24)/t11?,14-,15+/m1/s1. The van der Waals surface area contributed by atoms with E-state index in [1.807, 2.05) is 0 Å². The second-order valence-electron chi connectivity index (χ2n) is 7.22. The van der Waals surface area contributed by atoms with Crippen LogP contribution < -0.4 is 10.1 Å². The molecule has 1 aromatic rings. The fourth-order valence-electron chi connectivity index (χ4n) is 3.25. The van der Waals surface area contributed by atoms with Crippen molar-refractivity contribution in [3.8, 4) is 5.75 Å². The molecule has 3 rings (SSSR count). The number of halogens is 1. The van der Waals surface area contributed by atoms with Crippen LogP contribution in [0.25, 0.3) is 0 Å². The first-order chi connectivity index (χ1) is 11.9. The van der Waals surface area contributed by atoms with Crippen LogP contribution in [-0.4, -0.2) is 23.6 Å². The molecule has 1 amide bonds. The van der Waals surface area contributed by atoms with Crippen LogP contribution in [0.2, 0.25) is 0 Å². The lowest BCUT2D eigenvalue weighted by atomic mass is 10.0. The molecule has 0 spiro atoms. The summed E-state index contributed by atoms with van der Waals surface area (Å²) in [6.45, 7) is 2.34. The summed E-state index contributed by atoms with van der Waals surface area (Å²) in [6, 6.07) is 4.40. The summed E-state index contributed by atoms with van der Waals surface area (Å²) < 4.78 is 19.6. The molecule has 6 heteroatoms. The van der Waals surface area contributed by atoms with E-state index >= 15 is 0 Å². The average Bonchev–Trinajstić information content (AvgIpc) is 3.26. The highest BCUT2D eigenvalue weighted by Crippen LogP contribution is 2.32. The van der Waals surface area contributed by atoms with Gasteiger partial charge >= 0.3 is 5.97 Å². The molecule has 5 nitrogen and oxygen atoms in total. The van der Waals surface area contributed by atoms with Crippen LogP contribution in [0.5, 0.6) is 5.75 Å². The van der Waals surface area contributed by atoms with Crippen molar-refractivity contribution in [2.45, 2.75) is 45.1 Å². The molecule has 0 heterocycles. The van der Waals surface area contributed by atoms with Gasteiger partial charge in [-0.3, -0.25) is 9.59 Å². The van der Waals surface area contributed by atoms with E-state index in [2.05, 4.69) is 5.32 Å². The number of hydrogen-bond acceptors (Lipinski definition) is 3. The number of aliphatic carboxylic acids is 1. The molecule has 0 bridgehead atoms. The van der Waals surface area contributed by atoms with Gasteiger partial charge in [0.15, 0.2) is 11.6 Å². The predicted octanol–water partition coefficient (Wildman–Crippen LogP) is 3.29. The van der Waals surface area contributed by atoms with Crippen molar-refractivity contribution in [2.24, 2.45) is 17.8 Å². The minimum atomic E-state index is -0.841. The zero-order chi connectivity index (χ0) is 18.0. The van der Waals surface area contributed by atoms with Crippen molar-refractivity contribution in [3.63, 3.8) is 0 Å². The van der Waals surface area contributed by atoms with E-state index in [4.69, 9.17) is 9.84 Å². The molecule has 0 saturated heterocycles. The van der Waals surface area contributed by atoms with Crippen molar-refractivity contribution in [2.75, 3.05) is 6.61 Å². The minimum Gasteiger partial charge on any atom is -0.490 e. The van der Waals surface area contributed by atoms with Gasteiger partial charge in [0.2, 0.25) is 5.91 Å². The van der Waals surface area contributed by atoms with Crippen LogP contribution in [0.4, 0.5) is 4.39 Å². The van der Waals surface area contributed by atoms with Crippen LogP contribution >= 0.6 is 0 Å². The van der Waals surface area contributed by atoms with Gasteiger partial charge in [-0.05, 0) is 62.6 Å². The van der Waals surface area contributed by atoms with Gasteiger partial charge in [-0.2, -0.15) is 0 Å². The quantitative estimate of drug-likeness (QED) is 0.792. The lowest BCUT2D eigenvalue weighted by Crippen LogP contribution is -2.32. The largest absolute Gasteiger partial charge is 0.490 e. The summed E-state index contributed by atoms with van der Waals surface area (Å²) in [6.07, 6.45) is 3.77. The van der Waals surface area contributed by atoms with Gasteiger partial charge in [-0.25, -0.2) is 4.39 Å². The van der Waals surface area contributed by atoms with E-state index in [0.29, 0.717) is 37.4 Å². The van der Waals surface area contributed by atoms with Gasteiger partial charge in [-0.1, -0.05) is 6.07 Å². The Balaban J connectivity index is 1.55. The molecule has 2 aliphatic rings. The Morgan fingerprint density at radius 3 is 2.60 bits per heavy atom. The summed E-state index contributed by atoms with van der Waals surface area (Å²) in [5.74, 6) is -1.35. The molecule has 25 heavy (non-hydrogen) atoms. The SMILES string of the molecule is CC(NC(=O)[C@@H]1CC[C@H](C(=O)O)C1)c1ccc(OCC2CC2)c(F)c1. The molecule has 0 aromatic heterocycles. The third-order valence-corrected chi connectivity index (χ3v) is 5.14. The van der Waals surface area contributed by atoms with E-state index < -0.39 is 17.7 Å². The van der Waals surface area contributed by atoms with Crippen molar-refractivity contribution < 1.29 is 23.8 Å². The summed E-state index contributed by atoms with van der Waals surface area (Å²) in [5.41, 5.74) is 0.664. The molecule has 2 fully saturated rings. The summed E-state index contributed by atoms with van der Waals surface area (Å²) >= 11 is 0. The normalized spacial score (nSPS) is 23.9. The van der Waals surface area contributed by atoms with Crippen molar-refractivity contribution in [1.82, 2.24) is 5.32 Å². The van der Waals surface area contributed by atoms with Crippen LogP contribution in [0.1, 0.15) is 50.6 Å². The smallest absolute Gasteiger partial charge is 0.306 e. The number of benzene rings is 1. The predicted molar refractivity (Wildman–Crippen MR) is 89.6 cm³/mol. The van der Waals surface area contributed by atoms with Crippen LogP contribution in [-0.2, 0) is 9.59 Å². The molecular formula is C19H24FNO4. The Kier molecular flexibility index (Phi) is 5.25. The van der Waals surface area contributed by atoms with E-state index in [-0.39, 0.29) is 23.6 Å². The van der Waals surface area contributed by atoms with E-state index in [1.165, 1.54) is 6.07 Å². The molecular weight excluding hydrogens is 325 g/mol. The number of amides is 1. The molecule has 3 atom stereocenters. The Bertz CT molecular complexity index is 659. The number of carboxylic acid groups (broad SMARTS) is 1. The molecule has 0 radical (unpaired) electrons. The Hall–Kier alpha value is -2.11. The summed E-state index contributed by atoms with van der Waals surface area (Å²) in [4.78, 5) is 23.3. The number of carbonyl (C=O) groups excluding carboxylic acids is 1. The molecule has 2 saturated carbocycles. The van der Waals surface area contributed by atoms with Crippen LogP contribution in [0.15, 0.2) is 18.2 Å². The summed E-state index contributed by atoms with van der Waals surface area (Å²) in [5, 5.41) is 11.9. The molecule has 2 N–H and O–H groups in total. The van der Waals surface area contributed by atoms with Crippen LogP contribution in [0.3, 0.4) is 0 Å². The van der Waals surface area contributed by atoms with Gasteiger partial charge < -0.3 is 15.2 Å². The Morgan fingerprint density at radius 1 is 1.28 bits per heavy atom. The third-order valence-electron chi connectivity index (χ3n) is 5.14. The minimum absolute atomic E-state index is 0.161. The Morgan fingerprint density at radius 2 is 2.00 bits per heavy atom. The first-order valence-corrected chi connectivity index (χ1v) is 8.89. The number of rotatable bonds is 7. The van der Waals surface area contributed by atoms with E-state index in [0.717, 1.165) is 12.8 Å². The second-order valence-corrected chi connectivity index (χ2v) is 7.22. The van der Waals surface area contributed by atoms with Gasteiger partial charge in [0.1, 0.15) is 0 Å². The van der Waals surface area contributed by atoms with Crippen molar-refractivity contribution in [1.29, 1.82) is 0 Å². The fourth-order valence-corrected chi connectivity index (χ4v) is 3.25. The van der Waals surface area contributed by atoms with Gasteiger partial charge in [0, 0.05) is 5.92 Å². The van der Waals surface area contributed by atoms with Gasteiger partial charge in [0.25, 0.3) is 0 Å². The van der Waals surface area contributed by atoms with E-state index in [9.17, 15) is 14.0 Å². The maximum Gasteiger partial charge on any atom is 0.306 e. The maximum absolute atomic E-state index is 14.2. The monoisotopic (exact) mass is 349 g/mol. The second kappa shape index (κ2) is 7.42. The van der Waals surface area contributed by atoms with Crippen LogP contribution in [0, 0.1) is 23.6 Å². The van der Waals surface area contributed by atoms with E-state index in [1.54, 1.807) is 19.1 Å². The molecule has 1 unspecified atom stereocenters. The summed E-state index contributed by atoms with van der Waals surface area (Å²) in [7, 11) is 0. The first-order valence-electron chi connectivity index (χ1n) is 8.89. The van der Waals surface area contributed by atoms with Gasteiger partial charge in [-0.15, -0.1) is 0 Å². The highest BCUT2D eigenvalue weighted by Gasteiger charge is 2.34. The first kappa shape index (κ1) is 17.7. The van der Waals surface area contributed by atoms with Crippen molar-refractivity contribution in [3.05, 3.63) is 29.6 Å². The molecule has 136 valence electrons. The number of hydrogen-bond donors (Lipinski definition) is 2. The molecule has 1 aromatic carbocycles. The van der Waals surface area contributed by atoms with Crippen molar-refractivity contribution >= 4 is 11.9 Å². The molecule has 2 aliphatic carbocycles. The van der Waals surface area contributed by atoms with Gasteiger partial charge in [0.05, 0.1) is 18.6 Å². The Labute approximate surface area is 146 Å². The number of carbonyl (C=O) groups is 2. The highest BCUT2D eigenvalue weighted by molar-refractivity contribution is 5.81. The average molecular weight is 349 g/mol. The highest BCUT2D eigenvalue weighted by atomic mass is 19.1. The topological polar surface area (TPSA) is 75.6 Å².